The maximum Gasteiger partial charge on any atom is 0.170 e. The predicted octanol–water partition coefficient (Wildman–Crippen LogP) is 5.88. The molecule has 4 heterocycles. The Morgan fingerprint density at radius 3 is 2.28 bits per heavy atom. The molecule has 9 nitrogen and oxygen atoms in total. The van der Waals surface area contributed by atoms with Crippen molar-refractivity contribution in [3.8, 4) is 0 Å². The quantitative estimate of drug-likeness (QED) is 0.317. The van der Waals surface area contributed by atoms with Gasteiger partial charge in [-0.25, -0.2) is 0 Å². The minimum Gasteiger partial charge on any atom is -0.390 e. The van der Waals surface area contributed by atoms with Gasteiger partial charge in [0.15, 0.2) is 6.29 Å². The molecule has 5 aliphatic carbocycles. The molecule has 0 aromatic rings. The van der Waals surface area contributed by atoms with E-state index in [1.807, 2.05) is 20.8 Å². The Hall–Kier alpha value is -0.360. The van der Waals surface area contributed by atoms with Crippen molar-refractivity contribution < 1.29 is 33.9 Å². The number of hydrogen-bond donors (Lipinski definition) is 2. The van der Waals surface area contributed by atoms with E-state index in [1.165, 1.54) is 64.5 Å². The van der Waals surface area contributed by atoms with Gasteiger partial charge in [0.1, 0.15) is 6.10 Å². The van der Waals surface area contributed by atoms with Crippen molar-refractivity contribution in [3.63, 3.8) is 0 Å². The highest BCUT2D eigenvalue weighted by Gasteiger charge is 2.84. The van der Waals surface area contributed by atoms with Crippen molar-refractivity contribution in [2.45, 2.75) is 174 Å². The summed E-state index contributed by atoms with van der Waals surface area (Å²) in [5.41, 5.74) is -0.455. The lowest BCUT2D eigenvalue weighted by atomic mass is 9.41. The Labute approximate surface area is 320 Å². The second-order valence-corrected chi connectivity index (χ2v) is 21.5. The molecule has 14 atom stereocenters. The SMILES string of the molecule is CCO[C@@H](C1C[C@@H](C)[C@H]2C(O1)[C@H](O)[C@@]1(C)C3CC[C@H]4C(C)(C)[C@@H](O[C@H]5CN(C6CCN(C7COC7)CC6)CCO5)CC[C@@]45CC35CC[C@]21C)C(C)(C)O. The van der Waals surface area contributed by atoms with Gasteiger partial charge >= 0.3 is 0 Å². The van der Waals surface area contributed by atoms with Crippen LogP contribution >= 0.6 is 0 Å². The van der Waals surface area contributed by atoms with Crippen LogP contribution in [0.5, 0.6) is 0 Å². The van der Waals surface area contributed by atoms with Gasteiger partial charge in [0.05, 0.1) is 55.9 Å². The maximum atomic E-state index is 12.7. The molecule has 302 valence electrons. The van der Waals surface area contributed by atoms with E-state index in [4.69, 9.17) is 23.7 Å². The van der Waals surface area contributed by atoms with Crippen molar-refractivity contribution in [2.75, 3.05) is 52.6 Å². The first-order valence-corrected chi connectivity index (χ1v) is 22.1. The van der Waals surface area contributed by atoms with Crippen molar-refractivity contribution in [2.24, 2.45) is 50.7 Å². The first-order valence-electron chi connectivity index (χ1n) is 22.1. The lowest BCUT2D eigenvalue weighted by Crippen LogP contribution is -2.60. The summed E-state index contributed by atoms with van der Waals surface area (Å²) >= 11 is 0. The van der Waals surface area contributed by atoms with E-state index in [2.05, 4.69) is 44.4 Å². The third-order valence-electron chi connectivity index (χ3n) is 18.7. The zero-order valence-electron chi connectivity index (χ0n) is 34.5. The molecule has 0 bridgehead atoms. The monoisotopic (exact) mass is 743 g/mol. The number of morpholine rings is 1. The summed E-state index contributed by atoms with van der Waals surface area (Å²) in [6, 6.07) is 1.28. The van der Waals surface area contributed by atoms with Crippen LogP contribution in [-0.4, -0.2) is 127 Å². The summed E-state index contributed by atoms with van der Waals surface area (Å²) in [5.74, 6) is 1.84. The second-order valence-electron chi connectivity index (χ2n) is 21.5. The Morgan fingerprint density at radius 1 is 0.887 bits per heavy atom. The van der Waals surface area contributed by atoms with Crippen LogP contribution < -0.4 is 0 Å². The topological polar surface area (TPSA) is 93.1 Å². The van der Waals surface area contributed by atoms with Gasteiger partial charge in [-0.2, -0.15) is 0 Å². The summed E-state index contributed by atoms with van der Waals surface area (Å²) in [4.78, 5) is 5.32. The Balaban J connectivity index is 0.892. The van der Waals surface area contributed by atoms with Crippen molar-refractivity contribution in [3.05, 3.63) is 0 Å². The largest absolute Gasteiger partial charge is 0.390 e. The van der Waals surface area contributed by atoms with Crippen LogP contribution in [-0.2, 0) is 23.7 Å². The van der Waals surface area contributed by atoms with E-state index < -0.39 is 17.8 Å². The van der Waals surface area contributed by atoms with Gasteiger partial charge in [-0.1, -0.05) is 34.6 Å². The molecule has 5 saturated carbocycles. The lowest BCUT2D eigenvalue weighted by Gasteiger charge is -2.64. The van der Waals surface area contributed by atoms with Crippen LogP contribution in [0.2, 0.25) is 0 Å². The molecule has 4 saturated heterocycles. The third-order valence-corrected chi connectivity index (χ3v) is 18.7. The number of rotatable bonds is 8. The Bertz CT molecular complexity index is 1360. The van der Waals surface area contributed by atoms with E-state index in [-0.39, 0.29) is 40.8 Å². The molecule has 9 rings (SSSR count). The molecule has 4 aliphatic heterocycles. The molecule has 0 aromatic heterocycles. The molecule has 0 amide bonds. The third kappa shape index (κ3) is 5.46. The maximum absolute atomic E-state index is 12.7. The number of likely N-dealkylation sites (tertiary alicyclic amines) is 1. The number of hydrogen-bond acceptors (Lipinski definition) is 9. The predicted molar refractivity (Wildman–Crippen MR) is 203 cm³/mol. The van der Waals surface area contributed by atoms with Gasteiger partial charge in [0, 0.05) is 44.2 Å². The summed E-state index contributed by atoms with van der Waals surface area (Å²) in [5, 5.41) is 23.8. The Kier molecular flexibility index (Phi) is 9.42. The molecule has 9 heteroatoms. The van der Waals surface area contributed by atoms with Crippen LogP contribution in [0.1, 0.15) is 120 Å². The van der Waals surface area contributed by atoms with Crippen LogP contribution in [0.15, 0.2) is 0 Å². The minimum atomic E-state index is -1.01. The van der Waals surface area contributed by atoms with E-state index in [9.17, 15) is 10.2 Å². The molecule has 0 radical (unpaired) electrons. The second kappa shape index (κ2) is 13.1. The van der Waals surface area contributed by atoms with E-state index >= 15 is 0 Å². The molecule has 2 N–H and O–H groups in total. The first-order chi connectivity index (χ1) is 25.1. The molecule has 9 aliphatic rings. The van der Waals surface area contributed by atoms with Crippen LogP contribution in [0.25, 0.3) is 0 Å². The summed E-state index contributed by atoms with van der Waals surface area (Å²) in [6.45, 7) is 25.5. The highest BCUT2D eigenvalue weighted by Crippen LogP contribution is 2.89. The van der Waals surface area contributed by atoms with Crippen molar-refractivity contribution in [1.82, 2.24) is 9.80 Å². The number of ether oxygens (including phenoxy) is 5. The molecule has 9 fully saturated rings. The normalized spacial score (nSPS) is 50.9. The molecule has 0 aromatic carbocycles. The van der Waals surface area contributed by atoms with E-state index in [1.54, 1.807) is 0 Å². The van der Waals surface area contributed by atoms with Gasteiger partial charge in [-0.05, 0) is 130 Å². The van der Waals surface area contributed by atoms with Crippen molar-refractivity contribution >= 4 is 0 Å². The number of fused-ring (bicyclic) bond motifs is 4. The highest BCUT2D eigenvalue weighted by atomic mass is 16.7. The molecular formula is C44H74N2O7. The number of piperidine rings is 1. The van der Waals surface area contributed by atoms with E-state index in [0.717, 1.165) is 45.8 Å². The number of nitrogens with zero attached hydrogens (tertiary/aromatic N) is 2. The van der Waals surface area contributed by atoms with Gasteiger partial charge < -0.3 is 33.9 Å². The summed E-state index contributed by atoms with van der Waals surface area (Å²) in [6.07, 6.45) is 10.6. The van der Waals surface area contributed by atoms with Crippen LogP contribution in [0, 0.1) is 50.7 Å². The van der Waals surface area contributed by atoms with E-state index in [0.29, 0.717) is 53.2 Å². The van der Waals surface area contributed by atoms with Gasteiger partial charge in [0.2, 0.25) is 0 Å². The molecule has 53 heavy (non-hydrogen) atoms. The molecular weight excluding hydrogens is 668 g/mol. The summed E-state index contributed by atoms with van der Waals surface area (Å²) < 4.78 is 32.1. The van der Waals surface area contributed by atoms with Gasteiger partial charge in [-0.3, -0.25) is 9.80 Å². The lowest BCUT2D eigenvalue weighted by molar-refractivity contribution is -0.252. The highest BCUT2D eigenvalue weighted by molar-refractivity contribution is 5.33. The Morgan fingerprint density at radius 2 is 1.60 bits per heavy atom. The standard InChI is InChI=1S/C44H74N2O7/c1-9-50-38(40(5,6)48)30-22-27(2)35-36(52-30)37(47)42(8)32-11-10-31-39(3,4)33(12-15-43(31)26-44(32,43)17-16-41(35,42)7)53-34-23-46(20-21-51-34)28-13-18-45(19-14-28)29-24-49-25-29/h27-38,47-48H,9-26H2,1-8H3/t27-,30?,31+,32?,33+,34+,35+,36?,37+,38+,41-,42-,43-,44?/m1/s1. The fourth-order valence-corrected chi connectivity index (χ4v) is 16.0. The van der Waals surface area contributed by atoms with Crippen LogP contribution in [0.4, 0.5) is 0 Å². The fraction of sp³-hybridized carbons (Fsp3) is 1.00. The van der Waals surface area contributed by atoms with Gasteiger partial charge in [0.25, 0.3) is 0 Å². The van der Waals surface area contributed by atoms with Crippen molar-refractivity contribution in [1.29, 1.82) is 0 Å². The van der Waals surface area contributed by atoms with Crippen LogP contribution in [0.3, 0.4) is 0 Å². The average molecular weight is 743 g/mol. The first kappa shape index (κ1) is 38.2. The fourth-order valence-electron chi connectivity index (χ4n) is 16.0. The average Bonchev–Trinajstić information content (AvgIpc) is 3.72. The van der Waals surface area contributed by atoms with Gasteiger partial charge in [-0.15, -0.1) is 0 Å². The zero-order chi connectivity index (χ0) is 37.3. The minimum absolute atomic E-state index is 0.0199. The molecule has 4 unspecified atom stereocenters. The number of aliphatic hydroxyl groups is 2. The zero-order valence-corrected chi connectivity index (χ0v) is 34.5. The summed E-state index contributed by atoms with van der Waals surface area (Å²) in [7, 11) is 0. The smallest absolute Gasteiger partial charge is 0.170 e. The molecule has 2 spiro atoms. The number of aliphatic hydroxyl groups excluding tert-OH is 1.